The number of fused-ring (bicyclic) bond motifs is 3. The van der Waals surface area contributed by atoms with E-state index in [1.165, 1.54) is 12.4 Å². The summed E-state index contributed by atoms with van der Waals surface area (Å²) in [4.78, 5) is 6.88. The first-order valence-electron chi connectivity index (χ1n) is 9.97. The number of alkyl halides is 3. The average Bonchev–Trinajstić information content (AvgIpc) is 3.44. The number of rotatable bonds is 1. The standard InChI is InChI=1S/C21H14F4N6O2/c22-14-1-2-15-17-11(7-32-15)8-33-16-3-12(10-4-27-20(28-5-10)21(23,24)25)18-30-29-9-31(18)19(16)26-6-13(14)17/h1-5,9,11,26H,6-8H2/t11-/m1/s1. The van der Waals surface area contributed by atoms with Crippen LogP contribution in [0.5, 0.6) is 11.5 Å². The molecule has 0 amide bonds. The molecular weight excluding hydrogens is 444 g/mol. The van der Waals surface area contributed by atoms with E-state index >= 15 is 0 Å². The molecule has 8 nitrogen and oxygen atoms in total. The summed E-state index contributed by atoms with van der Waals surface area (Å²) in [5.74, 6) is -0.235. The number of ether oxygens (including phenoxy) is 2. The molecule has 12 heteroatoms. The predicted octanol–water partition coefficient (Wildman–Crippen LogP) is 3.82. The summed E-state index contributed by atoms with van der Waals surface area (Å²) in [5.41, 5.74) is 2.37. The zero-order valence-electron chi connectivity index (χ0n) is 16.7. The molecule has 0 bridgehead atoms. The SMILES string of the molecule is Fc1ccc2c3c1CNc1c(cc(-c4cnc(C(F)(F)F)nc4)c4nncn14)OC[C@H]3CO2. The Morgan fingerprint density at radius 1 is 1.06 bits per heavy atom. The van der Waals surface area contributed by atoms with Gasteiger partial charge in [0, 0.05) is 41.2 Å². The first-order valence-corrected chi connectivity index (χ1v) is 9.97. The average molecular weight is 458 g/mol. The molecule has 1 N–H and O–H groups in total. The number of nitrogens with one attached hydrogen (secondary N) is 1. The van der Waals surface area contributed by atoms with E-state index in [0.717, 1.165) is 18.0 Å². The Hall–Kier alpha value is -3.96. The molecule has 0 radical (unpaired) electrons. The summed E-state index contributed by atoms with van der Waals surface area (Å²) < 4.78 is 66.7. The van der Waals surface area contributed by atoms with Crippen LogP contribution < -0.4 is 14.8 Å². The monoisotopic (exact) mass is 458 g/mol. The fraction of sp³-hybridized carbons (Fsp3) is 0.238. The van der Waals surface area contributed by atoms with Crippen LogP contribution in [0, 0.1) is 5.82 Å². The van der Waals surface area contributed by atoms with Gasteiger partial charge in [-0.2, -0.15) is 13.2 Å². The molecule has 0 aliphatic carbocycles. The third-order valence-electron chi connectivity index (χ3n) is 5.74. The van der Waals surface area contributed by atoms with E-state index in [1.54, 1.807) is 16.5 Å². The third-order valence-corrected chi connectivity index (χ3v) is 5.74. The highest BCUT2D eigenvalue weighted by Crippen LogP contribution is 2.41. The van der Waals surface area contributed by atoms with Gasteiger partial charge in [-0.1, -0.05) is 0 Å². The molecule has 33 heavy (non-hydrogen) atoms. The van der Waals surface area contributed by atoms with Gasteiger partial charge in [-0.05, 0) is 18.2 Å². The molecule has 168 valence electrons. The van der Waals surface area contributed by atoms with Crippen molar-refractivity contribution in [3.8, 4) is 22.6 Å². The lowest BCUT2D eigenvalue weighted by atomic mass is 9.96. The molecule has 1 atom stereocenters. The molecule has 0 saturated heterocycles. The molecule has 0 fully saturated rings. The number of hydrogen-bond acceptors (Lipinski definition) is 7. The summed E-state index contributed by atoms with van der Waals surface area (Å²) in [6.07, 6.45) is -1.04. The maximum absolute atomic E-state index is 14.7. The van der Waals surface area contributed by atoms with Gasteiger partial charge < -0.3 is 14.8 Å². The molecule has 1 aromatic carbocycles. The minimum absolute atomic E-state index is 0.168. The van der Waals surface area contributed by atoms with Crippen molar-refractivity contribution >= 4 is 11.5 Å². The van der Waals surface area contributed by atoms with Crippen LogP contribution >= 0.6 is 0 Å². The van der Waals surface area contributed by atoms with Gasteiger partial charge in [0.15, 0.2) is 17.2 Å². The van der Waals surface area contributed by atoms with Gasteiger partial charge in [0.2, 0.25) is 5.82 Å². The lowest BCUT2D eigenvalue weighted by Gasteiger charge is -2.16. The number of hydrogen-bond donors (Lipinski definition) is 1. The minimum atomic E-state index is -4.65. The van der Waals surface area contributed by atoms with Crippen molar-refractivity contribution in [1.29, 1.82) is 0 Å². The molecule has 2 aliphatic rings. The van der Waals surface area contributed by atoms with Crippen LogP contribution in [-0.2, 0) is 12.7 Å². The minimum Gasteiger partial charge on any atom is -0.493 e. The second-order valence-corrected chi connectivity index (χ2v) is 7.70. The van der Waals surface area contributed by atoms with Gasteiger partial charge in [0.05, 0.1) is 19.1 Å². The third kappa shape index (κ3) is 3.12. The highest BCUT2D eigenvalue weighted by molar-refractivity contribution is 5.81. The van der Waals surface area contributed by atoms with E-state index in [2.05, 4.69) is 25.5 Å². The summed E-state index contributed by atoms with van der Waals surface area (Å²) in [7, 11) is 0. The number of anilines is 1. The lowest BCUT2D eigenvalue weighted by molar-refractivity contribution is -0.144. The fourth-order valence-electron chi connectivity index (χ4n) is 4.21. The van der Waals surface area contributed by atoms with Crippen molar-refractivity contribution in [2.75, 3.05) is 18.5 Å². The predicted molar refractivity (Wildman–Crippen MR) is 106 cm³/mol. The summed E-state index contributed by atoms with van der Waals surface area (Å²) in [6.45, 7) is 0.742. The van der Waals surface area contributed by atoms with Gasteiger partial charge in [-0.15, -0.1) is 10.2 Å². The van der Waals surface area contributed by atoms with Crippen LogP contribution in [0.15, 0.2) is 36.9 Å². The van der Waals surface area contributed by atoms with Crippen molar-refractivity contribution in [2.45, 2.75) is 18.6 Å². The quantitative estimate of drug-likeness (QED) is 0.434. The fourth-order valence-corrected chi connectivity index (χ4v) is 4.21. The van der Waals surface area contributed by atoms with Gasteiger partial charge >= 0.3 is 6.18 Å². The Morgan fingerprint density at radius 2 is 1.82 bits per heavy atom. The molecule has 5 heterocycles. The Bertz CT molecular complexity index is 1390. The second-order valence-electron chi connectivity index (χ2n) is 7.70. The normalized spacial score (nSPS) is 17.2. The highest BCUT2D eigenvalue weighted by Gasteiger charge is 2.35. The van der Waals surface area contributed by atoms with E-state index in [9.17, 15) is 17.6 Å². The second kappa shape index (κ2) is 7.02. The van der Waals surface area contributed by atoms with E-state index in [4.69, 9.17) is 9.47 Å². The van der Waals surface area contributed by atoms with Gasteiger partial charge in [-0.25, -0.2) is 14.4 Å². The van der Waals surface area contributed by atoms with Crippen molar-refractivity contribution in [3.05, 3.63) is 59.7 Å². The Kier molecular flexibility index (Phi) is 4.19. The maximum Gasteiger partial charge on any atom is 0.451 e. The highest BCUT2D eigenvalue weighted by atomic mass is 19.4. The zero-order chi connectivity index (χ0) is 22.7. The van der Waals surface area contributed by atoms with Crippen molar-refractivity contribution in [3.63, 3.8) is 0 Å². The zero-order valence-corrected chi connectivity index (χ0v) is 16.7. The largest absolute Gasteiger partial charge is 0.493 e. The van der Waals surface area contributed by atoms with Gasteiger partial charge in [0.25, 0.3) is 0 Å². The number of pyridine rings is 1. The number of benzene rings is 1. The molecule has 2 aliphatic heterocycles. The van der Waals surface area contributed by atoms with Crippen LogP contribution in [-0.4, -0.2) is 37.8 Å². The number of halogens is 4. The Labute approximate surface area is 183 Å². The van der Waals surface area contributed by atoms with E-state index in [1.807, 2.05) is 0 Å². The van der Waals surface area contributed by atoms with Crippen LogP contribution in [0.1, 0.15) is 22.9 Å². The summed E-state index contributed by atoms with van der Waals surface area (Å²) in [6, 6.07) is 4.63. The Balaban J connectivity index is 1.46. The summed E-state index contributed by atoms with van der Waals surface area (Å²) >= 11 is 0. The molecule has 4 aromatic rings. The lowest BCUT2D eigenvalue weighted by Crippen LogP contribution is -2.13. The van der Waals surface area contributed by atoms with Crippen molar-refractivity contribution < 1.29 is 27.0 Å². The van der Waals surface area contributed by atoms with Crippen molar-refractivity contribution in [1.82, 2.24) is 24.6 Å². The van der Waals surface area contributed by atoms with Crippen LogP contribution in [0.25, 0.3) is 16.8 Å². The molecular formula is C21H14F4N6O2. The topological polar surface area (TPSA) is 86.5 Å². The van der Waals surface area contributed by atoms with E-state index in [0.29, 0.717) is 46.3 Å². The molecule has 6 rings (SSSR count). The van der Waals surface area contributed by atoms with Gasteiger partial charge in [-0.3, -0.25) is 4.40 Å². The molecule has 0 unspecified atom stereocenters. The Morgan fingerprint density at radius 3 is 2.58 bits per heavy atom. The van der Waals surface area contributed by atoms with Crippen molar-refractivity contribution in [2.24, 2.45) is 0 Å². The van der Waals surface area contributed by atoms with Crippen LogP contribution in [0.3, 0.4) is 0 Å². The molecule has 3 aromatic heterocycles. The van der Waals surface area contributed by atoms with Crippen LogP contribution in [0.4, 0.5) is 23.4 Å². The van der Waals surface area contributed by atoms with Gasteiger partial charge in [0.1, 0.15) is 17.9 Å². The molecule has 0 spiro atoms. The summed E-state index contributed by atoms with van der Waals surface area (Å²) in [5, 5.41) is 11.2. The smallest absolute Gasteiger partial charge is 0.451 e. The molecule has 0 saturated carbocycles. The maximum atomic E-state index is 14.7. The first-order chi connectivity index (χ1) is 15.9. The number of nitrogens with zero attached hydrogens (tertiary/aromatic N) is 5. The number of aromatic nitrogens is 5. The van der Waals surface area contributed by atoms with Crippen LogP contribution in [0.2, 0.25) is 0 Å². The van der Waals surface area contributed by atoms with E-state index in [-0.39, 0.29) is 24.9 Å². The van der Waals surface area contributed by atoms with E-state index < -0.39 is 12.0 Å². The first kappa shape index (κ1) is 19.7.